The van der Waals surface area contributed by atoms with Crippen LogP contribution in [0.1, 0.15) is 55.5 Å². The fourth-order valence-corrected chi connectivity index (χ4v) is 10.0. The summed E-state index contributed by atoms with van der Waals surface area (Å²) in [7, 11) is 0. The molecular weight excluding hydrogens is 691 g/mol. The summed E-state index contributed by atoms with van der Waals surface area (Å²) in [5.74, 6) is 0. The first kappa shape index (κ1) is 33.6. The summed E-state index contributed by atoms with van der Waals surface area (Å²) in [6, 6.07) is 62.5. The first-order valence-electron chi connectivity index (χ1n) is 20.1. The van der Waals surface area contributed by atoms with Crippen molar-refractivity contribution in [1.29, 1.82) is 0 Å². The number of benzene rings is 7. The van der Waals surface area contributed by atoms with E-state index in [4.69, 9.17) is 5.10 Å². The lowest BCUT2D eigenvalue weighted by atomic mass is 9.82. The van der Waals surface area contributed by atoms with Gasteiger partial charge in [-0.15, -0.1) is 0 Å². The van der Waals surface area contributed by atoms with Gasteiger partial charge in [-0.2, -0.15) is 5.10 Å². The molecular formula is C54H43N3. The van der Waals surface area contributed by atoms with Crippen molar-refractivity contribution in [2.24, 2.45) is 0 Å². The van der Waals surface area contributed by atoms with Crippen LogP contribution in [0, 0.1) is 6.92 Å². The zero-order valence-electron chi connectivity index (χ0n) is 33.0. The first-order valence-corrected chi connectivity index (χ1v) is 20.1. The van der Waals surface area contributed by atoms with E-state index in [1.54, 1.807) is 0 Å². The smallest absolute Gasteiger partial charge is 0.0963 e. The summed E-state index contributed by atoms with van der Waals surface area (Å²) >= 11 is 0. The molecule has 2 aromatic heterocycles. The lowest BCUT2D eigenvalue weighted by Crippen LogP contribution is -2.18. The van der Waals surface area contributed by atoms with Gasteiger partial charge < -0.3 is 4.90 Å². The van der Waals surface area contributed by atoms with E-state index < -0.39 is 0 Å². The number of fused-ring (bicyclic) bond motifs is 9. The lowest BCUT2D eigenvalue weighted by Gasteiger charge is -2.30. The zero-order chi connectivity index (χ0) is 38.6. The number of nitrogens with zero attached hydrogens (tertiary/aromatic N) is 3. The average molecular weight is 734 g/mol. The van der Waals surface area contributed by atoms with Gasteiger partial charge >= 0.3 is 0 Å². The lowest BCUT2D eigenvalue weighted by molar-refractivity contribution is 0.660. The summed E-state index contributed by atoms with van der Waals surface area (Å²) in [4.78, 5) is 2.44. The van der Waals surface area contributed by atoms with Gasteiger partial charge in [0.1, 0.15) is 0 Å². The summed E-state index contributed by atoms with van der Waals surface area (Å²) in [6.07, 6.45) is 0. The van der Waals surface area contributed by atoms with Crippen LogP contribution in [-0.2, 0) is 10.8 Å². The molecule has 3 nitrogen and oxygen atoms in total. The van der Waals surface area contributed by atoms with Crippen molar-refractivity contribution in [2.45, 2.75) is 45.4 Å². The Hall–Kier alpha value is -6.71. The van der Waals surface area contributed by atoms with Gasteiger partial charge in [-0.3, -0.25) is 0 Å². The second-order valence-corrected chi connectivity index (χ2v) is 16.9. The molecule has 2 aliphatic rings. The van der Waals surface area contributed by atoms with Gasteiger partial charge in [-0.25, -0.2) is 4.52 Å². The van der Waals surface area contributed by atoms with Gasteiger partial charge in [0, 0.05) is 50.0 Å². The minimum atomic E-state index is -0.109. The van der Waals surface area contributed by atoms with Crippen molar-refractivity contribution in [2.75, 3.05) is 4.90 Å². The third kappa shape index (κ3) is 4.88. The van der Waals surface area contributed by atoms with Crippen molar-refractivity contribution in [1.82, 2.24) is 9.61 Å². The summed E-state index contributed by atoms with van der Waals surface area (Å²) in [5, 5.41) is 7.77. The number of aromatic nitrogens is 2. The molecule has 0 bridgehead atoms. The Labute approximate surface area is 334 Å². The minimum Gasteiger partial charge on any atom is -0.310 e. The van der Waals surface area contributed by atoms with Crippen molar-refractivity contribution in [3.8, 4) is 44.8 Å². The molecule has 57 heavy (non-hydrogen) atoms. The number of hydrogen-bond acceptors (Lipinski definition) is 2. The molecule has 2 aliphatic carbocycles. The Morgan fingerprint density at radius 3 is 1.58 bits per heavy atom. The van der Waals surface area contributed by atoms with E-state index in [9.17, 15) is 0 Å². The highest BCUT2D eigenvalue weighted by Crippen LogP contribution is 2.53. The highest BCUT2D eigenvalue weighted by Gasteiger charge is 2.37. The average Bonchev–Trinajstić information content (AvgIpc) is 3.80. The predicted molar refractivity (Wildman–Crippen MR) is 238 cm³/mol. The van der Waals surface area contributed by atoms with E-state index in [2.05, 4.69) is 214 Å². The van der Waals surface area contributed by atoms with E-state index >= 15 is 0 Å². The number of aryl methyl sites for hydroxylation is 1. The Morgan fingerprint density at radius 1 is 0.456 bits per heavy atom. The van der Waals surface area contributed by atoms with Crippen LogP contribution in [0.5, 0.6) is 0 Å². The van der Waals surface area contributed by atoms with Crippen molar-refractivity contribution >= 4 is 33.4 Å². The van der Waals surface area contributed by atoms with Crippen LogP contribution in [0.25, 0.3) is 61.1 Å². The predicted octanol–water partition coefficient (Wildman–Crippen LogP) is 14.2. The molecule has 0 spiro atoms. The van der Waals surface area contributed by atoms with E-state index in [1.165, 1.54) is 60.8 Å². The van der Waals surface area contributed by atoms with Gasteiger partial charge in [-0.05, 0) is 99.3 Å². The van der Waals surface area contributed by atoms with Crippen LogP contribution in [0.3, 0.4) is 0 Å². The highest BCUT2D eigenvalue weighted by atomic mass is 15.2. The summed E-state index contributed by atoms with van der Waals surface area (Å²) in [6.45, 7) is 11.7. The van der Waals surface area contributed by atoms with Gasteiger partial charge in [0.2, 0.25) is 0 Å². The fraction of sp³-hybridized carbons (Fsp3) is 0.130. The molecule has 0 N–H and O–H groups in total. The second-order valence-electron chi connectivity index (χ2n) is 16.9. The highest BCUT2D eigenvalue weighted by molar-refractivity contribution is 6.01. The van der Waals surface area contributed by atoms with E-state index in [0.29, 0.717) is 0 Å². The molecule has 274 valence electrons. The zero-order valence-corrected chi connectivity index (χ0v) is 33.0. The van der Waals surface area contributed by atoms with Crippen LogP contribution in [-0.4, -0.2) is 9.61 Å². The van der Waals surface area contributed by atoms with Crippen molar-refractivity contribution < 1.29 is 0 Å². The van der Waals surface area contributed by atoms with E-state index in [0.717, 1.165) is 45.1 Å². The fourth-order valence-electron chi connectivity index (χ4n) is 10.0. The Morgan fingerprint density at radius 2 is 0.965 bits per heavy atom. The van der Waals surface area contributed by atoms with E-state index in [-0.39, 0.29) is 10.8 Å². The Kier molecular flexibility index (Phi) is 7.16. The normalized spacial score (nSPS) is 14.3. The largest absolute Gasteiger partial charge is 0.310 e. The number of hydrogen-bond donors (Lipinski definition) is 0. The van der Waals surface area contributed by atoms with Crippen LogP contribution >= 0.6 is 0 Å². The maximum atomic E-state index is 5.35. The molecule has 0 aliphatic heterocycles. The topological polar surface area (TPSA) is 20.5 Å². The molecule has 0 atom stereocenters. The molecule has 3 heteroatoms. The van der Waals surface area contributed by atoms with Gasteiger partial charge in [-0.1, -0.05) is 155 Å². The standard InChI is InChI=1S/C54H43N3/c1-34-51(55-57-50(35-15-7-6-8-16-35)31-37-17-9-10-18-41(37)52(34)57)36-23-25-38(26-24-36)56(39-27-29-44-42-19-11-13-21-46(42)53(2,3)48(44)32-39)40-28-30-45-43-20-12-14-22-47(43)54(4,5)49(45)33-40/h6-33H,1-5H3. The van der Waals surface area contributed by atoms with Crippen molar-refractivity contribution in [3.63, 3.8) is 0 Å². The Bertz CT molecular complexity index is 2970. The quantitative estimate of drug-likeness (QED) is 0.176. The van der Waals surface area contributed by atoms with Gasteiger partial charge in [0.15, 0.2) is 0 Å². The minimum absolute atomic E-state index is 0.109. The molecule has 2 heterocycles. The van der Waals surface area contributed by atoms with Gasteiger partial charge in [0.25, 0.3) is 0 Å². The molecule has 0 fully saturated rings. The third-order valence-electron chi connectivity index (χ3n) is 13.0. The SMILES string of the molecule is Cc1c(-c2ccc(N(c3ccc4c(c3)C(C)(C)c3ccccc3-4)c3ccc4c(c3)C(C)(C)c3ccccc3-4)cc2)nn2c(-c3ccccc3)cc3ccccc3c12. The first-order chi connectivity index (χ1) is 27.7. The van der Waals surface area contributed by atoms with Crippen LogP contribution < -0.4 is 4.90 Å². The molecule has 9 aromatic rings. The Balaban J connectivity index is 1.07. The van der Waals surface area contributed by atoms with Crippen LogP contribution in [0.2, 0.25) is 0 Å². The molecule has 0 unspecified atom stereocenters. The molecule has 0 saturated heterocycles. The monoisotopic (exact) mass is 733 g/mol. The molecule has 11 rings (SSSR count). The maximum absolute atomic E-state index is 5.35. The molecule has 0 radical (unpaired) electrons. The van der Waals surface area contributed by atoms with E-state index in [1.807, 2.05) is 0 Å². The van der Waals surface area contributed by atoms with Crippen molar-refractivity contribution in [3.05, 3.63) is 198 Å². The number of pyridine rings is 1. The molecule has 7 aromatic carbocycles. The summed E-state index contributed by atoms with van der Waals surface area (Å²) < 4.78 is 2.15. The second kappa shape index (κ2) is 12.1. The van der Waals surface area contributed by atoms with Crippen LogP contribution in [0.15, 0.2) is 170 Å². The maximum Gasteiger partial charge on any atom is 0.0963 e. The number of anilines is 3. The van der Waals surface area contributed by atoms with Gasteiger partial charge in [0.05, 0.1) is 16.9 Å². The molecule has 0 saturated carbocycles. The third-order valence-corrected chi connectivity index (χ3v) is 13.0. The summed E-state index contributed by atoms with van der Waals surface area (Å²) in [5.41, 5.74) is 20.7. The molecule has 0 amide bonds. The number of rotatable bonds is 5. The van der Waals surface area contributed by atoms with Crippen LogP contribution in [0.4, 0.5) is 17.1 Å².